The Kier molecular flexibility index (Phi) is 6.76. The molecule has 1 saturated heterocycles. The zero-order valence-corrected chi connectivity index (χ0v) is 17.1. The second-order valence-electron chi connectivity index (χ2n) is 7.46. The standard InChI is InChI=1S/C24H25N3O4/c28-20-12-13-27(15-20)16-23(29)26-19-6-11-24(25-14-19)31-22-9-7-21(8-10-22)30-17-18-4-2-1-3-5-18/h1-11,14,20,28H,12-13,15-17H2,(H,26,29). The van der Waals surface area contributed by atoms with Gasteiger partial charge in [0.1, 0.15) is 18.1 Å². The molecule has 1 fully saturated rings. The highest BCUT2D eigenvalue weighted by atomic mass is 16.5. The predicted octanol–water partition coefficient (Wildman–Crippen LogP) is 3.46. The van der Waals surface area contributed by atoms with Crippen LogP contribution < -0.4 is 14.8 Å². The molecule has 0 aliphatic carbocycles. The van der Waals surface area contributed by atoms with Gasteiger partial charge in [-0.15, -0.1) is 0 Å². The fourth-order valence-corrected chi connectivity index (χ4v) is 3.34. The number of anilines is 1. The van der Waals surface area contributed by atoms with Crippen LogP contribution in [0, 0.1) is 0 Å². The number of rotatable bonds is 8. The number of aliphatic hydroxyl groups excluding tert-OH is 1. The molecular weight excluding hydrogens is 394 g/mol. The van der Waals surface area contributed by atoms with Gasteiger partial charge in [0.05, 0.1) is 24.5 Å². The van der Waals surface area contributed by atoms with Crippen molar-refractivity contribution in [2.75, 3.05) is 25.0 Å². The van der Waals surface area contributed by atoms with Crippen molar-refractivity contribution < 1.29 is 19.4 Å². The number of carbonyl (C=O) groups is 1. The average molecular weight is 419 g/mol. The normalized spacial score (nSPS) is 16.1. The van der Waals surface area contributed by atoms with Gasteiger partial charge >= 0.3 is 0 Å². The Hall–Kier alpha value is -3.42. The number of hydrogen-bond acceptors (Lipinski definition) is 6. The molecule has 0 saturated carbocycles. The van der Waals surface area contributed by atoms with Crippen molar-refractivity contribution in [1.29, 1.82) is 0 Å². The first-order chi connectivity index (χ1) is 15.1. The maximum atomic E-state index is 12.1. The van der Waals surface area contributed by atoms with Crippen LogP contribution in [0.4, 0.5) is 5.69 Å². The van der Waals surface area contributed by atoms with E-state index in [4.69, 9.17) is 9.47 Å². The number of ether oxygens (including phenoxy) is 2. The third-order valence-corrected chi connectivity index (χ3v) is 4.93. The van der Waals surface area contributed by atoms with Crippen LogP contribution in [0.3, 0.4) is 0 Å². The van der Waals surface area contributed by atoms with Crippen molar-refractivity contribution >= 4 is 11.6 Å². The molecule has 1 unspecified atom stereocenters. The van der Waals surface area contributed by atoms with E-state index < -0.39 is 0 Å². The number of aliphatic hydroxyl groups is 1. The van der Waals surface area contributed by atoms with Crippen molar-refractivity contribution in [1.82, 2.24) is 9.88 Å². The highest BCUT2D eigenvalue weighted by molar-refractivity contribution is 5.92. The van der Waals surface area contributed by atoms with E-state index in [1.807, 2.05) is 59.5 Å². The van der Waals surface area contributed by atoms with E-state index in [9.17, 15) is 9.90 Å². The number of carbonyl (C=O) groups excluding carboxylic acids is 1. The number of pyridine rings is 1. The molecule has 2 N–H and O–H groups in total. The molecule has 160 valence electrons. The van der Waals surface area contributed by atoms with Gasteiger partial charge in [-0.2, -0.15) is 0 Å². The van der Waals surface area contributed by atoms with E-state index in [1.165, 1.54) is 0 Å². The van der Waals surface area contributed by atoms with Crippen LogP contribution in [0.5, 0.6) is 17.4 Å². The topological polar surface area (TPSA) is 83.9 Å². The third kappa shape index (κ3) is 6.28. The lowest BCUT2D eigenvalue weighted by Crippen LogP contribution is -2.32. The van der Waals surface area contributed by atoms with Gasteiger partial charge in [0.15, 0.2) is 0 Å². The van der Waals surface area contributed by atoms with Crippen LogP contribution in [0.15, 0.2) is 72.9 Å². The molecule has 4 rings (SSSR count). The zero-order valence-electron chi connectivity index (χ0n) is 17.1. The third-order valence-electron chi connectivity index (χ3n) is 4.93. The number of amides is 1. The Morgan fingerprint density at radius 3 is 2.52 bits per heavy atom. The number of benzene rings is 2. The van der Waals surface area contributed by atoms with Gasteiger partial charge < -0.3 is 19.9 Å². The Morgan fingerprint density at radius 1 is 1.06 bits per heavy atom. The summed E-state index contributed by atoms with van der Waals surface area (Å²) in [5, 5.41) is 12.4. The molecule has 31 heavy (non-hydrogen) atoms. The quantitative estimate of drug-likeness (QED) is 0.582. The van der Waals surface area contributed by atoms with Gasteiger partial charge in [0, 0.05) is 19.2 Å². The summed E-state index contributed by atoms with van der Waals surface area (Å²) in [7, 11) is 0. The second kappa shape index (κ2) is 10.1. The summed E-state index contributed by atoms with van der Waals surface area (Å²) in [6.07, 6.45) is 1.93. The molecule has 7 nitrogen and oxygen atoms in total. The van der Waals surface area contributed by atoms with Crippen LogP contribution in [0.25, 0.3) is 0 Å². The number of β-amino-alcohol motifs (C(OH)–C–C–N with tert-alkyl or cyclic N) is 1. The molecule has 0 radical (unpaired) electrons. The Labute approximate surface area is 181 Å². The van der Waals surface area contributed by atoms with Gasteiger partial charge in [-0.3, -0.25) is 9.69 Å². The molecular formula is C24H25N3O4. The molecule has 1 aliphatic heterocycles. The molecule has 1 aromatic heterocycles. The van der Waals surface area contributed by atoms with E-state index in [2.05, 4.69) is 10.3 Å². The lowest BCUT2D eigenvalue weighted by atomic mass is 10.2. The lowest BCUT2D eigenvalue weighted by Gasteiger charge is -2.14. The monoisotopic (exact) mass is 419 g/mol. The Bertz CT molecular complexity index is 978. The number of likely N-dealkylation sites (tertiary alicyclic amines) is 1. The van der Waals surface area contributed by atoms with Crippen molar-refractivity contribution in [2.45, 2.75) is 19.1 Å². The fraction of sp³-hybridized carbons (Fsp3) is 0.250. The van der Waals surface area contributed by atoms with Crippen molar-refractivity contribution in [2.24, 2.45) is 0 Å². The van der Waals surface area contributed by atoms with E-state index in [0.717, 1.165) is 17.9 Å². The van der Waals surface area contributed by atoms with Crippen molar-refractivity contribution in [3.05, 3.63) is 78.5 Å². The zero-order chi connectivity index (χ0) is 21.5. The van der Waals surface area contributed by atoms with Gasteiger partial charge in [-0.1, -0.05) is 30.3 Å². The minimum absolute atomic E-state index is 0.129. The SMILES string of the molecule is O=C(CN1CCC(O)C1)Nc1ccc(Oc2ccc(OCc3ccccc3)cc2)nc1. The largest absolute Gasteiger partial charge is 0.489 e. The van der Waals surface area contributed by atoms with Crippen LogP contribution in [0.1, 0.15) is 12.0 Å². The Morgan fingerprint density at radius 2 is 1.84 bits per heavy atom. The molecule has 1 amide bonds. The summed E-state index contributed by atoms with van der Waals surface area (Å²) in [5.74, 6) is 1.70. The minimum atomic E-state index is -0.338. The summed E-state index contributed by atoms with van der Waals surface area (Å²) in [6.45, 7) is 2.03. The van der Waals surface area contributed by atoms with E-state index in [-0.39, 0.29) is 18.6 Å². The molecule has 2 heterocycles. The van der Waals surface area contributed by atoms with Crippen molar-refractivity contribution in [3.63, 3.8) is 0 Å². The average Bonchev–Trinajstić information content (AvgIpc) is 3.19. The molecule has 1 atom stereocenters. The molecule has 0 bridgehead atoms. The second-order valence-corrected chi connectivity index (χ2v) is 7.46. The fourth-order valence-electron chi connectivity index (χ4n) is 3.34. The molecule has 7 heteroatoms. The molecule has 2 aromatic carbocycles. The van der Waals surface area contributed by atoms with E-state index in [1.54, 1.807) is 18.3 Å². The smallest absolute Gasteiger partial charge is 0.238 e. The van der Waals surface area contributed by atoms with E-state index >= 15 is 0 Å². The first-order valence-corrected chi connectivity index (χ1v) is 10.2. The van der Waals surface area contributed by atoms with Crippen LogP contribution in [-0.2, 0) is 11.4 Å². The van der Waals surface area contributed by atoms with Crippen LogP contribution in [0.2, 0.25) is 0 Å². The summed E-state index contributed by atoms with van der Waals surface area (Å²) < 4.78 is 11.5. The number of nitrogens with zero attached hydrogens (tertiary/aromatic N) is 2. The lowest BCUT2D eigenvalue weighted by molar-refractivity contribution is -0.117. The van der Waals surface area contributed by atoms with Crippen LogP contribution in [-0.4, -0.2) is 46.6 Å². The summed E-state index contributed by atoms with van der Waals surface area (Å²) in [5.41, 5.74) is 1.71. The number of hydrogen-bond donors (Lipinski definition) is 2. The number of aromatic nitrogens is 1. The van der Waals surface area contributed by atoms with Gasteiger partial charge in [0.2, 0.25) is 11.8 Å². The maximum Gasteiger partial charge on any atom is 0.238 e. The maximum absolute atomic E-state index is 12.1. The highest BCUT2D eigenvalue weighted by Crippen LogP contribution is 2.24. The highest BCUT2D eigenvalue weighted by Gasteiger charge is 2.21. The van der Waals surface area contributed by atoms with Gasteiger partial charge in [-0.25, -0.2) is 4.98 Å². The summed E-state index contributed by atoms with van der Waals surface area (Å²) in [4.78, 5) is 18.3. The number of nitrogens with one attached hydrogen (secondary N) is 1. The Balaban J connectivity index is 1.25. The summed E-state index contributed by atoms with van der Waals surface area (Å²) >= 11 is 0. The summed E-state index contributed by atoms with van der Waals surface area (Å²) in [6, 6.07) is 20.8. The predicted molar refractivity (Wildman–Crippen MR) is 117 cm³/mol. The van der Waals surface area contributed by atoms with Crippen LogP contribution >= 0.6 is 0 Å². The minimum Gasteiger partial charge on any atom is -0.489 e. The van der Waals surface area contributed by atoms with E-state index in [0.29, 0.717) is 36.9 Å². The van der Waals surface area contributed by atoms with Crippen molar-refractivity contribution in [3.8, 4) is 17.4 Å². The first-order valence-electron chi connectivity index (χ1n) is 10.2. The molecule has 0 spiro atoms. The first kappa shape index (κ1) is 20.8. The molecule has 1 aliphatic rings. The van der Waals surface area contributed by atoms with Gasteiger partial charge in [0.25, 0.3) is 0 Å². The van der Waals surface area contributed by atoms with Gasteiger partial charge in [-0.05, 0) is 42.3 Å². The molecule has 3 aromatic rings.